The SMILES string of the molecule is CN(c1cc(-c2cccc3c2oc2ccccc23)cc(-c2cccc3c2oc2ccccc23)c1)c1ccccc1-c1ccccc1. The standard InChI is InChI=1S/C43H29NO2/c1-44(39-22-8-5-15-32(39)28-13-3-2-4-14-28)31-26-29(33-18-11-20-37-35-16-6-9-23-40(35)45-42(33)37)25-30(27-31)34-19-12-21-38-36-17-7-10-24-41(36)46-43(34)38/h2-27H,1H3. The van der Waals surface area contributed by atoms with E-state index in [9.17, 15) is 0 Å². The molecule has 0 aliphatic rings. The van der Waals surface area contributed by atoms with E-state index in [4.69, 9.17) is 8.83 Å². The van der Waals surface area contributed by atoms with Crippen LogP contribution in [0.1, 0.15) is 0 Å². The van der Waals surface area contributed by atoms with Crippen LogP contribution in [0.15, 0.2) is 167 Å². The van der Waals surface area contributed by atoms with Crippen molar-refractivity contribution in [3.63, 3.8) is 0 Å². The number of hydrogen-bond donors (Lipinski definition) is 0. The molecule has 3 heteroatoms. The third-order valence-corrected chi connectivity index (χ3v) is 9.09. The molecule has 0 aliphatic carbocycles. The first-order valence-corrected chi connectivity index (χ1v) is 15.6. The minimum Gasteiger partial charge on any atom is -0.455 e. The zero-order valence-corrected chi connectivity index (χ0v) is 25.3. The van der Waals surface area contributed by atoms with E-state index in [2.05, 4.69) is 145 Å². The molecule has 0 aliphatic heterocycles. The molecule has 0 atom stereocenters. The van der Waals surface area contributed by atoms with E-state index in [0.717, 1.165) is 77.5 Å². The number of furan rings is 2. The van der Waals surface area contributed by atoms with Crippen LogP contribution in [0.2, 0.25) is 0 Å². The van der Waals surface area contributed by atoms with E-state index in [0.29, 0.717) is 0 Å². The second-order valence-corrected chi connectivity index (χ2v) is 11.8. The van der Waals surface area contributed by atoms with Gasteiger partial charge in [-0.25, -0.2) is 0 Å². The van der Waals surface area contributed by atoms with Gasteiger partial charge in [-0.05, 0) is 53.1 Å². The van der Waals surface area contributed by atoms with Crippen molar-refractivity contribution >= 4 is 55.3 Å². The maximum atomic E-state index is 6.52. The van der Waals surface area contributed by atoms with Crippen molar-refractivity contribution in [2.75, 3.05) is 11.9 Å². The molecule has 0 N–H and O–H groups in total. The number of fused-ring (bicyclic) bond motifs is 6. The predicted molar refractivity (Wildman–Crippen MR) is 192 cm³/mol. The summed E-state index contributed by atoms with van der Waals surface area (Å²) < 4.78 is 13.0. The average Bonchev–Trinajstić information content (AvgIpc) is 3.70. The van der Waals surface area contributed by atoms with E-state index in [1.54, 1.807) is 0 Å². The molecule has 2 heterocycles. The maximum Gasteiger partial charge on any atom is 0.143 e. The van der Waals surface area contributed by atoms with E-state index < -0.39 is 0 Å². The minimum absolute atomic E-state index is 0.890. The Kier molecular flexibility index (Phi) is 6.04. The van der Waals surface area contributed by atoms with Gasteiger partial charge in [-0.15, -0.1) is 0 Å². The predicted octanol–water partition coefficient (Wildman–Crippen LogP) is 12.3. The summed E-state index contributed by atoms with van der Waals surface area (Å²) in [5.41, 5.74) is 12.4. The molecular weight excluding hydrogens is 562 g/mol. The molecule has 0 amide bonds. The van der Waals surface area contributed by atoms with Crippen molar-refractivity contribution in [1.82, 2.24) is 0 Å². The minimum atomic E-state index is 0.890. The molecule has 7 aromatic carbocycles. The van der Waals surface area contributed by atoms with Gasteiger partial charge in [0.05, 0.1) is 0 Å². The van der Waals surface area contributed by atoms with Crippen LogP contribution in [0.4, 0.5) is 11.4 Å². The van der Waals surface area contributed by atoms with Gasteiger partial charge >= 0.3 is 0 Å². The summed E-state index contributed by atoms with van der Waals surface area (Å²) in [6.45, 7) is 0. The third kappa shape index (κ3) is 4.21. The summed E-state index contributed by atoms with van der Waals surface area (Å²) in [4.78, 5) is 2.28. The highest BCUT2D eigenvalue weighted by Crippen LogP contribution is 2.43. The average molecular weight is 592 g/mol. The molecule has 9 rings (SSSR count). The van der Waals surface area contributed by atoms with Crippen molar-refractivity contribution in [2.24, 2.45) is 0 Å². The highest BCUT2D eigenvalue weighted by Gasteiger charge is 2.19. The fourth-order valence-electron chi connectivity index (χ4n) is 6.83. The molecule has 0 unspecified atom stereocenters. The highest BCUT2D eigenvalue weighted by atomic mass is 16.3. The monoisotopic (exact) mass is 591 g/mol. The van der Waals surface area contributed by atoms with Crippen LogP contribution < -0.4 is 4.90 Å². The molecule has 218 valence electrons. The Morgan fingerprint density at radius 3 is 1.48 bits per heavy atom. The van der Waals surface area contributed by atoms with Gasteiger partial charge in [0.2, 0.25) is 0 Å². The second-order valence-electron chi connectivity index (χ2n) is 11.8. The molecule has 3 nitrogen and oxygen atoms in total. The lowest BCUT2D eigenvalue weighted by atomic mass is 9.95. The number of para-hydroxylation sites is 5. The summed E-state index contributed by atoms with van der Waals surface area (Å²) in [6, 6.07) is 55.3. The van der Waals surface area contributed by atoms with E-state index in [1.807, 2.05) is 24.3 Å². The first-order chi connectivity index (χ1) is 22.7. The molecule has 0 bridgehead atoms. The van der Waals surface area contributed by atoms with Gasteiger partial charge in [0.1, 0.15) is 22.3 Å². The lowest BCUT2D eigenvalue weighted by Gasteiger charge is -2.24. The summed E-state index contributed by atoms with van der Waals surface area (Å²) in [6.07, 6.45) is 0. The van der Waals surface area contributed by atoms with Gasteiger partial charge in [0, 0.05) is 56.7 Å². The lowest BCUT2D eigenvalue weighted by Crippen LogP contribution is -2.11. The first kappa shape index (κ1) is 26.4. The molecule has 0 spiro atoms. The Hall–Kier alpha value is -6.06. The molecule has 2 aromatic heterocycles. The molecule has 46 heavy (non-hydrogen) atoms. The molecule has 0 saturated carbocycles. The fourth-order valence-corrected chi connectivity index (χ4v) is 6.83. The van der Waals surface area contributed by atoms with Crippen molar-refractivity contribution < 1.29 is 8.83 Å². The number of rotatable bonds is 5. The van der Waals surface area contributed by atoms with Gasteiger partial charge in [-0.2, -0.15) is 0 Å². The van der Waals surface area contributed by atoms with E-state index in [-0.39, 0.29) is 0 Å². The van der Waals surface area contributed by atoms with Gasteiger partial charge in [-0.1, -0.05) is 121 Å². The Morgan fingerprint density at radius 2 is 0.870 bits per heavy atom. The van der Waals surface area contributed by atoms with E-state index >= 15 is 0 Å². The second kappa shape index (κ2) is 10.5. The molecule has 0 saturated heterocycles. The van der Waals surface area contributed by atoms with Crippen LogP contribution in [0, 0.1) is 0 Å². The van der Waals surface area contributed by atoms with Crippen LogP contribution in [-0.2, 0) is 0 Å². The van der Waals surface area contributed by atoms with Crippen LogP contribution in [0.3, 0.4) is 0 Å². The van der Waals surface area contributed by atoms with Crippen LogP contribution in [0.25, 0.3) is 77.3 Å². The van der Waals surface area contributed by atoms with Crippen LogP contribution >= 0.6 is 0 Å². The van der Waals surface area contributed by atoms with Gasteiger partial charge in [0.15, 0.2) is 0 Å². The fraction of sp³-hybridized carbons (Fsp3) is 0.0233. The van der Waals surface area contributed by atoms with Crippen molar-refractivity contribution in [3.8, 4) is 33.4 Å². The number of benzene rings is 7. The normalized spacial score (nSPS) is 11.6. The van der Waals surface area contributed by atoms with Gasteiger partial charge in [0.25, 0.3) is 0 Å². The van der Waals surface area contributed by atoms with Crippen molar-refractivity contribution in [2.45, 2.75) is 0 Å². The van der Waals surface area contributed by atoms with Gasteiger partial charge in [-0.3, -0.25) is 0 Å². The molecular formula is C43H29NO2. The Labute approximate surface area is 266 Å². The maximum absolute atomic E-state index is 6.52. The smallest absolute Gasteiger partial charge is 0.143 e. The number of hydrogen-bond acceptors (Lipinski definition) is 3. The molecule has 9 aromatic rings. The Bertz CT molecular complexity index is 2420. The first-order valence-electron chi connectivity index (χ1n) is 15.6. The summed E-state index contributed by atoms with van der Waals surface area (Å²) in [5.74, 6) is 0. The van der Waals surface area contributed by atoms with Crippen molar-refractivity contribution in [1.29, 1.82) is 0 Å². The lowest BCUT2D eigenvalue weighted by molar-refractivity contribution is 0.670. The summed E-state index contributed by atoms with van der Waals surface area (Å²) in [7, 11) is 2.15. The highest BCUT2D eigenvalue weighted by molar-refractivity contribution is 6.11. The largest absolute Gasteiger partial charge is 0.455 e. The zero-order valence-electron chi connectivity index (χ0n) is 25.3. The van der Waals surface area contributed by atoms with Crippen LogP contribution in [-0.4, -0.2) is 7.05 Å². The Morgan fingerprint density at radius 1 is 0.391 bits per heavy atom. The van der Waals surface area contributed by atoms with E-state index in [1.165, 1.54) is 11.1 Å². The van der Waals surface area contributed by atoms with Crippen molar-refractivity contribution in [3.05, 3.63) is 158 Å². The summed E-state index contributed by atoms with van der Waals surface area (Å²) >= 11 is 0. The third-order valence-electron chi connectivity index (χ3n) is 9.09. The van der Waals surface area contributed by atoms with Gasteiger partial charge < -0.3 is 13.7 Å². The summed E-state index contributed by atoms with van der Waals surface area (Å²) in [5, 5.41) is 4.47. The number of anilines is 2. The topological polar surface area (TPSA) is 29.5 Å². The zero-order chi connectivity index (χ0) is 30.6. The molecule has 0 fully saturated rings. The number of nitrogens with zero attached hydrogens (tertiary/aromatic N) is 1. The quantitative estimate of drug-likeness (QED) is 0.199. The van der Waals surface area contributed by atoms with Crippen LogP contribution in [0.5, 0.6) is 0 Å². The Balaban J connectivity index is 1.30. The molecule has 0 radical (unpaired) electrons.